The second-order valence-corrected chi connectivity index (χ2v) is 11.2. The molecule has 2 aliphatic rings. The van der Waals surface area contributed by atoms with Gasteiger partial charge in [0, 0.05) is 61.5 Å². The van der Waals surface area contributed by atoms with Crippen LogP contribution in [0.2, 0.25) is 0 Å². The zero-order valence-corrected chi connectivity index (χ0v) is 24.4. The quantitative estimate of drug-likeness (QED) is 0.279. The van der Waals surface area contributed by atoms with Gasteiger partial charge in [0.25, 0.3) is 5.91 Å². The van der Waals surface area contributed by atoms with Crippen molar-refractivity contribution in [2.45, 2.75) is 38.0 Å². The Hall–Kier alpha value is -4.91. The summed E-state index contributed by atoms with van der Waals surface area (Å²) in [5.41, 5.74) is 1.83. The fraction of sp³-hybridized carbons (Fsp3) is 0.312. The van der Waals surface area contributed by atoms with Gasteiger partial charge in [0.05, 0.1) is 29.9 Å². The third kappa shape index (κ3) is 6.63. The number of alkyl halides is 3. The van der Waals surface area contributed by atoms with Gasteiger partial charge in [-0.05, 0) is 54.8 Å². The Morgan fingerprint density at radius 2 is 1.82 bits per heavy atom. The normalized spacial score (nSPS) is 16.6. The lowest BCUT2D eigenvalue weighted by Crippen LogP contribution is -2.49. The fourth-order valence-electron chi connectivity index (χ4n) is 5.79. The number of piperidine rings is 1. The van der Waals surface area contributed by atoms with Crippen LogP contribution in [0.3, 0.4) is 0 Å². The van der Waals surface area contributed by atoms with Crippen molar-refractivity contribution < 1.29 is 32.3 Å². The van der Waals surface area contributed by atoms with E-state index in [1.807, 2.05) is 35.1 Å². The van der Waals surface area contributed by atoms with Gasteiger partial charge < -0.3 is 10.1 Å². The van der Waals surface area contributed by atoms with Crippen LogP contribution in [0.4, 0.5) is 29.3 Å². The Labute approximate surface area is 256 Å². The molecule has 3 heterocycles. The number of urea groups is 1. The van der Waals surface area contributed by atoms with Gasteiger partial charge in [-0.25, -0.2) is 4.79 Å². The number of likely N-dealkylation sites (tertiary alicyclic amines) is 1. The lowest BCUT2D eigenvalue weighted by Gasteiger charge is -2.32. The third-order valence-electron chi connectivity index (χ3n) is 8.16. The molecule has 0 aliphatic carbocycles. The van der Waals surface area contributed by atoms with Crippen LogP contribution in [0.1, 0.15) is 46.8 Å². The number of anilines is 2. The molecular weight excluding hydrogens is 589 g/mol. The van der Waals surface area contributed by atoms with Crippen molar-refractivity contribution in [1.29, 1.82) is 0 Å². The Bertz CT molecular complexity index is 1760. The van der Waals surface area contributed by atoms with Crippen molar-refractivity contribution in [1.82, 2.24) is 20.0 Å². The van der Waals surface area contributed by atoms with Crippen LogP contribution in [0.5, 0.6) is 5.75 Å². The number of halogens is 3. The van der Waals surface area contributed by atoms with Crippen LogP contribution in [0.25, 0.3) is 10.9 Å². The summed E-state index contributed by atoms with van der Waals surface area (Å²) in [6, 6.07) is 15.2. The molecule has 2 aliphatic heterocycles. The Morgan fingerprint density at radius 3 is 2.56 bits per heavy atom. The number of fused-ring (bicyclic) bond motifs is 1. The standard InChI is InChI=1S/C32H31F3N6O4/c1-45-28-17-26-22(16-27(28)36-30(43)21-5-3-6-23(15-21)32(33,34)35)19-41(38-26)24-8-11-39(12-9-24)18-20-4-2-7-25(14-20)40-13-10-29(42)37-31(40)44/h2-7,14-17,19,24H,8-13,18H2,1H3,(H,36,43)(H,37,42,44). The number of aromatic nitrogens is 2. The number of amides is 4. The molecule has 10 nitrogen and oxygen atoms in total. The maximum absolute atomic E-state index is 13.1. The van der Waals surface area contributed by atoms with E-state index in [0.29, 0.717) is 23.5 Å². The van der Waals surface area contributed by atoms with E-state index in [4.69, 9.17) is 9.84 Å². The van der Waals surface area contributed by atoms with E-state index in [9.17, 15) is 27.6 Å². The van der Waals surface area contributed by atoms with Crippen LogP contribution in [0, 0.1) is 0 Å². The smallest absolute Gasteiger partial charge is 0.416 e. The van der Waals surface area contributed by atoms with Crippen molar-refractivity contribution in [3.05, 3.63) is 83.6 Å². The molecule has 234 valence electrons. The molecule has 2 N–H and O–H groups in total. The first kappa shape index (κ1) is 30.1. The SMILES string of the molecule is COc1cc2nn(C3CCN(Cc4cccc(N5CCC(=O)NC5=O)c4)CC3)cc2cc1NC(=O)c1cccc(C(F)(F)F)c1. The molecule has 2 fully saturated rings. The molecule has 13 heteroatoms. The van der Waals surface area contributed by atoms with E-state index in [1.54, 1.807) is 17.0 Å². The van der Waals surface area contributed by atoms with Crippen LogP contribution in [-0.2, 0) is 17.5 Å². The average molecular weight is 621 g/mol. The third-order valence-corrected chi connectivity index (χ3v) is 8.16. The lowest BCUT2D eigenvalue weighted by atomic mass is 10.0. The summed E-state index contributed by atoms with van der Waals surface area (Å²) in [5.74, 6) is -0.599. The molecule has 0 spiro atoms. The maximum Gasteiger partial charge on any atom is 0.416 e. The number of imide groups is 1. The van der Waals surface area contributed by atoms with Gasteiger partial charge >= 0.3 is 12.2 Å². The summed E-state index contributed by atoms with van der Waals surface area (Å²) in [6.45, 7) is 2.76. The van der Waals surface area contributed by atoms with E-state index in [2.05, 4.69) is 15.5 Å². The number of methoxy groups -OCH3 is 1. The summed E-state index contributed by atoms with van der Waals surface area (Å²) in [5, 5.41) is 10.6. The van der Waals surface area contributed by atoms with Crippen LogP contribution in [0.15, 0.2) is 66.9 Å². The highest BCUT2D eigenvalue weighted by Crippen LogP contribution is 2.33. The number of carbonyl (C=O) groups is 3. The van der Waals surface area contributed by atoms with Crippen molar-refractivity contribution in [3.63, 3.8) is 0 Å². The van der Waals surface area contributed by atoms with Crippen LogP contribution >= 0.6 is 0 Å². The summed E-state index contributed by atoms with van der Waals surface area (Å²) in [7, 11) is 1.45. The second-order valence-electron chi connectivity index (χ2n) is 11.2. The molecule has 0 radical (unpaired) electrons. The minimum Gasteiger partial charge on any atom is -0.494 e. The molecule has 1 aromatic heterocycles. The van der Waals surface area contributed by atoms with Crippen LogP contribution < -0.4 is 20.3 Å². The van der Waals surface area contributed by atoms with E-state index in [-0.39, 0.29) is 23.9 Å². The zero-order valence-electron chi connectivity index (χ0n) is 24.4. The summed E-state index contributed by atoms with van der Waals surface area (Å²) in [4.78, 5) is 40.5. The van der Waals surface area contributed by atoms with Crippen molar-refractivity contribution >= 4 is 40.1 Å². The number of benzene rings is 3. The maximum atomic E-state index is 13.1. The number of ether oxygens (including phenoxy) is 1. The number of hydrogen-bond donors (Lipinski definition) is 2. The molecule has 0 unspecified atom stereocenters. The predicted octanol–water partition coefficient (Wildman–Crippen LogP) is 5.60. The number of nitrogens with zero attached hydrogens (tertiary/aromatic N) is 4. The predicted molar refractivity (Wildman–Crippen MR) is 161 cm³/mol. The fourth-order valence-corrected chi connectivity index (χ4v) is 5.79. The number of rotatable bonds is 7. The topological polar surface area (TPSA) is 109 Å². The summed E-state index contributed by atoms with van der Waals surface area (Å²) < 4.78 is 46.8. The van der Waals surface area contributed by atoms with E-state index < -0.39 is 23.7 Å². The first-order chi connectivity index (χ1) is 21.6. The van der Waals surface area contributed by atoms with Crippen LogP contribution in [-0.4, -0.2) is 59.3 Å². The van der Waals surface area contributed by atoms with Gasteiger partial charge in [-0.15, -0.1) is 0 Å². The van der Waals surface area contributed by atoms with Crippen molar-refractivity contribution in [2.75, 3.05) is 37.0 Å². The van der Waals surface area contributed by atoms with Gasteiger partial charge in [0.2, 0.25) is 5.91 Å². The van der Waals surface area contributed by atoms with Gasteiger partial charge in [0.1, 0.15) is 5.75 Å². The number of carbonyl (C=O) groups excluding carboxylic acids is 3. The number of hydrogen-bond acceptors (Lipinski definition) is 6. The lowest BCUT2D eigenvalue weighted by molar-refractivity contribution is -0.137. The zero-order chi connectivity index (χ0) is 31.7. The van der Waals surface area contributed by atoms with E-state index in [0.717, 1.165) is 61.2 Å². The average Bonchev–Trinajstić information content (AvgIpc) is 3.43. The van der Waals surface area contributed by atoms with Gasteiger partial charge in [-0.3, -0.25) is 29.4 Å². The summed E-state index contributed by atoms with van der Waals surface area (Å²) >= 11 is 0. The molecule has 3 aromatic carbocycles. The van der Waals surface area contributed by atoms with E-state index in [1.165, 1.54) is 19.2 Å². The first-order valence-corrected chi connectivity index (χ1v) is 14.6. The minimum atomic E-state index is -4.56. The van der Waals surface area contributed by atoms with Gasteiger partial charge in [0.15, 0.2) is 0 Å². The highest BCUT2D eigenvalue weighted by atomic mass is 19.4. The van der Waals surface area contributed by atoms with Crippen molar-refractivity contribution in [2.24, 2.45) is 0 Å². The Morgan fingerprint density at radius 1 is 1.04 bits per heavy atom. The Balaban J connectivity index is 1.11. The summed E-state index contributed by atoms with van der Waals surface area (Å²) in [6.07, 6.45) is -0.651. The van der Waals surface area contributed by atoms with Gasteiger partial charge in [-0.1, -0.05) is 18.2 Å². The van der Waals surface area contributed by atoms with Crippen molar-refractivity contribution in [3.8, 4) is 5.75 Å². The molecule has 0 saturated carbocycles. The molecule has 6 rings (SSSR count). The monoisotopic (exact) mass is 620 g/mol. The first-order valence-electron chi connectivity index (χ1n) is 14.6. The molecule has 45 heavy (non-hydrogen) atoms. The number of nitrogens with one attached hydrogen (secondary N) is 2. The van der Waals surface area contributed by atoms with E-state index >= 15 is 0 Å². The largest absolute Gasteiger partial charge is 0.494 e. The molecule has 0 atom stereocenters. The molecule has 0 bridgehead atoms. The Kier molecular flexibility index (Phi) is 8.19. The molecular formula is C32H31F3N6O4. The van der Waals surface area contributed by atoms with Gasteiger partial charge in [-0.2, -0.15) is 18.3 Å². The molecule has 2 saturated heterocycles. The minimum absolute atomic E-state index is 0.116. The second kappa shape index (κ2) is 12.2. The molecule has 4 amide bonds. The molecule has 4 aromatic rings. The highest BCUT2D eigenvalue weighted by molar-refractivity contribution is 6.06. The highest BCUT2D eigenvalue weighted by Gasteiger charge is 2.31.